The lowest BCUT2D eigenvalue weighted by atomic mass is 10.2. The number of rotatable bonds is 4. The standard InChI is InChI=1S/C16H19FN4O.2ClH/c17-14-4-1-3-13(9-14)12-22-16-11-19-10-15(20-16)21-7-2-5-18-6-8-21;;/h1,3-4,9-11,18H,2,5-8,12H2;2*1H. The van der Waals surface area contributed by atoms with Gasteiger partial charge in [-0.1, -0.05) is 12.1 Å². The van der Waals surface area contributed by atoms with E-state index >= 15 is 0 Å². The zero-order valence-electron chi connectivity index (χ0n) is 13.2. The van der Waals surface area contributed by atoms with E-state index < -0.39 is 0 Å². The molecule has 132 valence electrons. The van der Waals surface area contributed by atoms with Crippen LogP contribution in [0.15, 0.2) is 36.7 Å². The van der Waals surface area contributed by atoms with E-state index in [4.69, 9.17) is 4.74 Å². The van der Waals surface area contributed by atoms with Crippen molar-refractivity contribution in [2.45, 2.75) is 13.0 Å². The molecule has 0 bridgehead atoms. The van der Waals surface area contributed by atoms with Gasteiger partial charge in [-0.05, 0) is 30.7 Å². The van der Waals surface area contributed by atoms with Crippen LogP contribution in [0.5, 0.6) is 5.88 Å². The molecule has 1 aromatic carbocycles. The summed E-state index contributed by atoms with van der Waals surface area (Å²) in [5.74, 6) is 1.01. The number of benzene rings is 1. The molecule has 0 amide bonds. The maximum atomic E-state index is 13.1. The van der Waals surface area contributed by atoms with Crippen LogP contribution in [0.25, 0.3) is 0 Å². The van der Waals surface area contributed by atoms with Crippen molar-refractivity contribution in [3.63, 3.8) is 0 Å². The van der Waals surface area contributed by atoms with Crippen LogP contribution in [0.1, 0.15) is 12.0 Å². The highest BCUT2D eigenvalue weighted by atomic mass is 35.5. The number of ether oxygens (including phenoxy) is 1. The average molecular weight is 375 g/mol. The van der Waals surface area contributed by atoms with Gasteiger partial charge in [0.25, 0.3) is 0 Å². The molecular formula is C16H21Cl2FN4O. The van der Waals surface area contributed by atoms with E-state index in [0.717, 1.165) is 44.0 Å². The van der Waals surface area contributed by atoms with Gasteiger partial charge < -0.3 is 15.0 Å². The van der Waals surface area contributed by atoms with Gasteiger partial charge in [-0.15, -0.1) is 24.8 Å². The van der Waals surface area contributed by atoms with E-state index in [-0.39, 0.29) is 37.2 Å². The smallest absolute Gasteiger partial charge is 0.234 e. The van der Waals surface area contributed by atoms with Crippen LogP contribution >= 0.6 is 24.8 Å². The second-order valence-corrected chi connectivity index (χ2v) is 5.22. The molecule has 1 fully saturated rings. The van der Waals surface area contributed by atoms with Crippen LogP contribution in [0.3, 0.4) is 0 Å². The summed E-state index contributed by atoms with van der Waals surface area (Å²) >= 11 is 0. The fourth-order valence-corrected chi connectivity index (χ4v) is 2.42. The van der Waals surface area contributed by atoms with E-state index in [2.05, 4.69) is 20.2 Å². The first-order valence-electron chi connectivity index (χ1n) is 7.46. The Bertz CT molecular complexity index is 625. The maximum absolute atomic E-state index is 13.1. The summed E-state index contributed by atoms with van der Waals surface area (Å²) in [6.45, 7) is 4.10. The zero-order chi connectivity index (χ0) is 15.2. The Morgan fingerprint density at radius 1 is 1.17 bits per heavy atom. The van der Waals surface area contributed by atoms with Crippen molar-refractivity contribution in [3.8, 4) is 5.88 Å². The minimum Gasteiger partial charge on any atom is -0.472 e. The molecule has 8 heteroatoms. The fraction of sp³-hybridized carbons (Fsp3) is 0.375. The summed E-state index contributed by atoms with van der Waals surface area (Å²) in [4.78, 5) is 10.9. The molecule has 0 unspecified atom stereocenters. The Morgan fingerprint density at radius 2 is 2.04 bits per heavy atom. The van der Waals surface area contributed by atoms with Gasteiger partial charge in [-0.2, -0.15) is 4.98 Å². The number of nitrogens with one attached hydrogen (secondary N) is 1. The number of hydrogen-bond acceptors (Lipinski definition) is 5. The van der Waals surface area contributed by atoms with Gasteiger partial charge in [-0.3, -0.25) is 4.98 Å². The molecule has 0 aliphatic carbocycles. The monoisotopic (exact) mass is 374 g/mol. The fourth-order valence-electron chi connectivity index (χ4n) is 2.42. The van der Waals surface area contributed by atoms with Gasteiger partial charge in [-0.25, -0.2) is 4.39 Å². The Labute approximate surface area is 153 Å². The van der Waals surface area contributed by atoms with Gasteiger partial charge in [0.15, 0.2) is 5.82 Å². The first-order chi connectivity index (χ1) is 10.8. The van der Waals surface area contributed by atoms with Crippen LogP contribution in [0, 0.1) is 5.82 Å². The van der Waals surface area contributed by atoms with Crippen LogP contribution < -0.4 is 15.0 Å². The number of aromatic nitrogens is 2. The van der Waals surface area contributed by atoms with E-state index in [1.54, 1.807) is 18.5 Å². The van der Waals surface area contributed by atoms with Crippen molar-refractivity contribution in [2.24, 2.45) is 0 Å². The van der Waals surface area contributed by atoms with Crippen LogP contribution in [-0.4, -0.2) is 36.1 Å². The summed E-state index contributed by atoms with van der Waals surface area (Å²) in [5.41, 5.74) is 0.770. The second-order valence-electron chi connectivity index (χ2n) is 5.22. The first-order valence-corrected chi connectivity index (χ1v) is 7.46. The molecule has 24 heavy (non-hydrogen) atoms. The van der Waals surface area contributed by atoms with Gasteiger partial charge in [0.05, 0.1) is 12.4 Å². The quantitative estimate of drug-likeness (QED) is 0.891. The topological polar surface area (TPSA) is 50.3 Å². The lowest BCUT2D eigenvalue weighted by Crippen LogP contribution is -2.28. The van der Waals surface area contributed by atoms with E-state index in [0.29, 0.717) is 5.88 Å². The molecule has 1 aliphatic rings. The lowest BCUT2D eigenvalue weighted by Gasteiger charge is -2.20. The molecule has 5 nitrogen and oxygen atoms in total. The molecule has 1 saturated heterocycles. The predicted octanol–water partition coefficient (Wildman–Crippen LogP) is 2.84. The Hall–Kier alpha value is -1.63. The summed E-state index contributed by atoms with van der Waals surface area (Å²) in [5, 5.41) is 3.36. The second kappa shape index (κ2) is 10.3. The molecule has 1 N–H and O–H groups in total. The summed E-state index contributed by atoms with van der Waals surface area (Å²) in [6, 6.07) is 6.36. The third-order valence-corrected chi connectivity index (χ3v) is 3.54. The number of hydrogen-bond donors (Lipinski definition) is 1. The van der Waals surface area contributed by atoms with Crippen LogP contribution in [0.4, 0.5) is 10.2 Å². The van der Waals surface area contributed by atoms with Crippen molar-refractivity contribution in [3.05, 3.63) is 48.0 Å². The minimum atomic E-state index is -0.266. The number of anilines is 1. The molecule has 3 rings (SSSR count). The van der Waals surface area contributed by atoms with Crippen molar-refractivity contribution >= 4 is 30.6 Å². The molecule has 2 heterocycles. The van der Waals surface area contributed by atoms with Gasteiger partial charge in [0.1, 0.15) is 12.4 Å². The third kappa shape index (κ3) is 5.78. The highest BCUT2D eigenvalue weighted by Crippen LogP contribution is 2.16. The van der Waals surface area contributed by atoms with Crippen LogP contribution in [0.2, 0.25) is 0 Å². The van der Waals surface area contributed by atoms with Crippen molar-refractivity contribution in [1.29, 1.82) is 0 Å². The molecule has 0 saturated carbocycles. The number of halogens is 3. The molecule has 0 spiro atoms. The Morgan fingerprint density at radius 3 is 2.88 bits per heavy atom. The average Bonchev–Trinajstić information content (AvgIpc) is 2.83. The lowest BCUT2D eigenvalue weighted by molar-refractivity contribution is 0.292. The molecule has 1 aromatic heterocycles. The van der Waals surface area contributed by atoms with E-state index in [1.807, 2.05) is 6.07 Å². The summed E-state index contributed by atoms with van der Waals surface area (Å²) in [6.07, 6.45) is 4.41. The van der Waals surface area contributed by atoms with Crippen molar-refractivity contribution in [1.82, 2.24) is 15.3 Å². The van der Waals surface area contributed by atoms with Gasteiger partial charge in [0.2, 0.25) is 5.88 Å². The van der Waals surface area contributed by atoms with Crippen molar-refractivity contribution in [2.75, 3.05) is 31.1 Å². The highest BCUT2D eigenvalue weighted by molar-refractivity contribution is 5.85. The molecule has 2 aromatic rings. The molecule has 0 atom stereocenters. The zero-order valence-corrected chi connectivity index (χ0v) is 14.8. The van der Waals surface area contributed by atoms with Crippen LogP contribution in [-0.2, 0) is 6.61 Å². The van der Waals surface area contributed by atoms with E-state index in [9.17, 15) is 4.39 Å². The first kappa shape index (κ1) is 20.4. The normalized spacial score (nSPS) is 14.1. The number of nitrogens with zero attached hydrogens (tertiary/aromatic N) is 3. The molecule has 1 aliphatic heterocycles. The summed E-state index contributed by atoms with van der Waals surface area (Å²) in [7, 11) is 0. The molecule has 0 radical (unpaired) electrons. The van der Waals surface area contributed by atoms with E-state index in [1.165, 1.54) is 12.1 Å². The van der Waals surface area contributed by atoms with Crippen molar-refractivity contribution < 1.29 is 9.13 Å². The maximum Gasteiger partial charge on any atom is 0.234 e. The molecular weight excluding hydrogens is 354 g/mol. The highest BCUT2D eigenvalue weighted by Gasteiger charge is 2.12. The largest absolute Gasteiger partial charge is 0.472 e. The third-order valence-electron chi connectivity index (χ3n) is 3.54. The summed E-state index contributed by atoms with van der Waals surface area (Å²) < 4.78 is 18.8. The SMILES string of the molecule is Cl.Cl.Fc1cccc(COc2cncc(N3CCCNCC3)n2)c1. The van der Waals surface area contributed by atoms with Gasteiger partial charge in [0, 0.05) is 19.6 Å². The Balaban J connectivity index is 0.00000144. The Kier molecular flexibility index (Phi) is 8.74. The minimum absolute atomic E-state index is 0. The predicted molar refractivity (Wildman–Crippen MR) is 97.0 cm³/mol. The van der Waals surface area contributed by atoms with Gasteiger partial charge >= 0.3 is 0 Å².